The summed E-state index contributed by atoms with van der Waals surface area (Å²) in [7, 11) is 1.72. The Hall–Kier alpha value is 0.0500. The van der Waals surface area contributed by atoms with E-state index in [0.717, 1.165) is 0 Å². The first-order valence-corrected chi connectivity index (χ1v) is 4.71. The highest BCUT2D eigenvalue weighted by Crippen LogP contribution is 2.24. The van der Waals surface area contributed by atoms with E-state index in [4.69, 9.17) is 4.74 Å². The molecule has 0 saturated carbocycles. The molecule has 0 aliphatic rings. The van der Waals surface area contributed by atoms with Crippen LogP contribution in [0.5, 0.6) is 0 Å². The molecule has 0 bridgehead atoms. The van der Waals surface area contributed by atoms with E-state index in [2.05, 4.69) is 32.3 Å². The Morgan fingerprint density at radius 2 is 1.91 bits per heavy atom. The van der Waals surface area contributed by atoms with Gasteiger partial charge in [0, 0.05) is 11.9 Å². The van der Waals surface area contributed by atoms with Crippen LogP contribution >= 0.6 is 11.8 Å². The SMILES string of the molecule is COC(C)C=CSC(C)(C)C. The zero-order chi connectivity index (χ0) is 8.91. The fourth-order valence-electron chi connectivity index (χ4n) is 0.433. The van der Waals surface area contributed by atoms with Crippen LogP contribution in [0.25, 0.3) is 0 Å². The van der Waals surface area contributed by atoms with Crippen molar-refractivity contribution in [1.82, 2.24) is 0 Å². The Labute approximate surface area is 74.2 Å². The third-order valence-electron chi connectivity index (χ3n) is 1.14. The average Bonchev–Trinajstić information content (AvgIpc) is 1.85. The molecule has 1 nitrogen and oxygen atoms in total. The van der Waals surface area contributed by atoms with Gasteiger partial charge in [-0.05, 0) is 18.4 Å². The lowest BCUT2D eigenvalue weighted by atomic mass is 10.3. The molecule has 0 aliphatic heterocycles. The first kappa shape index (κ1) is 11.1. The first-order valence-electron chi connectivity index (χ1n) is 3.83. The maximum atomic E-state index is 5.06. The lowest BCUT2D eigenvalue weighted by Crippen LogP contribution is -2.05. The fourth-order valence-corrected chi connectivity index (χ4v) is 1.14. The molecule has 0 fully saturated rings. The van der Waals surface area contributed by atoms with Gasteiger partial charge in [0.15, 0.2) is 0 Å². The Morgan fingerprint density at radius 1 is 1.36 bits per heavy atom. The van der Waals surface area contributed by atoms with Gasteiger partial charge in [-0.3, -0.25) is 0 Å². The van der Waals surface area contributed by atoms with Crippen molar-refractivity contribution in [2.45, 2.75) is 38.5 Å². The van der Waals surface area contributed by atoms with Crippen LogP contribution in [0.1, 0.15) is 27.7 Å². The van der Waals surface area contributed by atoms with Crippen LogP contribution in [0.2, 0.25) is 0 Å². The minimum Gasteiger partial charge on any atom is -0.378 e. The molecule has 0 rings (SSSR count). The molecule has 0 radical (unpaired) electrons. The van der Waals surface area contributed by atoms with Gasteiger partial charge in [0.05, 0.1) is 6.10 Å². The zero-order valence-corrected chi connectivity index (χ0v) is 8.87. The van der Waals surface area contributed by atoms with Crippen LogP contribution in [0.4, 0.5) is 0 Å². The fraction of sp³-hybridized carbons (Fsp3) is 0.778. The van der Waals surface area contributed by atoms with Gasteiger partial charge in [-0.15, -0.1) is 11.8 Å². The van der Waals surface area contributed by atoms with E-state index in [0.29, 0.717) is 4.75 Å². The van der Waals surface area contributed by atoms with Gasteiger partial charge in [-0.1, -0.05) is 20.8 Å². The van der Waals surface area contributed by atoms with E-state index < -0.39 is 0 Å². The number of ether oxygens (including phenoxy) is 1. The molecule has 0 aromatic rings. The summed E-state index contributed by atoms with van der Waals surface area (Å²) in [6.45, 7) is 8.61. The molecule has 0 aromatic carbocycles. The van der Waals surface area contributed by atoms with Crippen LogP contribution in [0.15, 0.2) is 11.5 Å². The van der Waals surface area contributed by atoms with Crippen molar-refractivity contribution < 1.29 is 4.74 Å². The summed E-state index contributed by atoms with van der Waals surface area (Å²) in [5.74, 6) is 0. The van der Waals surface area contributed by atoms with Crippen molar-refractivity contribution in [2.24, 2.45) is 0 Å². The van der Waals surface area contributed by atoms with Crippen molar-refractivity contribution in [3.63, 3.8) is 0 Å². The number of methoxy groups -OCH3 is 1. The molecule has 0 N–H and O–H groups in total. The van der Waals surface area contributed by atoms with E-state index in [1.807, 2.05) is 18.7 Å². The molecular weight excluding hydrogens is 156 g/mol. The van der Waals surface area contributed by atoms with Gasteiger partial charge in [0.25, 0.3) is 0 Å². The minimum absolute atomic E-state index is 0.227. The van der Waals surface area contributed by atoms with Crippen molar-refractivity contribution >= 4 is 11.8 Å². The van der Waals surface area contributed by atoms with E-state index in [1.165, 1.54) is 0 Å². The normalized spacial score (nSPS) is 15.7. The van der Waals surface area contributed by atoms with Crippen LogP contribution in [-0.2, 0) is 4.74 Å². The molecule has 0 saturated heterocycles. The highest BCUT2D eigenvalue weighted by molar-refractivity contribution is 8.03. The van der Waals surface area contributed by atoms with Crippen molar-refractivity contribution in [1.29, 1.82) is 0 Å². The quantitative estimate of drug-likeness (QED) is 0.650. The smallest absolute Gasteiger partial charge is 0.0731 e. The molecule has 1 unspecified atom stereocenters. The van der Waals surface area contributed by atoms with Crippen LogP contribution in [0.3, 0.4) is 0 Å². The first-order chi connectivity index (χ1) is 4.95. The van der Waals surface area contributed by atoms with Gasteiger partial charge >= 0.3 is 0 Å². The van der Waals surface area contributed by atoms with Gasteiger partial charge in [0.2, 0.25) is 0 Å². The molecule has 0 aliphatic carbocycles. The summed E-state index contributed by atoms with van der Waals surface area (Å²) in [4.78, 5) is 0. The summed E-state index contributed by atoms with van der Waals surface area (Å²) < 4.78 is 5.37. The number of rotatable bonds is 3. The minimum atomic E-state index is 0.227. The highest BCUT2D eigenvalue weighted by atomic mass is 32.2. The molecule has 2 heteroatoms. The molecule has 0 heterocycles. The maximum absolute atomic E-state index is 5.06. The third kappa shape index (κ3) is 7.95. The van der Waals surface area contributed by atoms with Gasteiger partial charge in [-0.25, -0.2) is 0 Å². The van der Waals surface area contributed by atoms with Crippen molar-refractivity contribution in [3.8, 4) is 0 Å². The Bertz CT molecular complexity index is 124. The molecule has 11 heavy (non-hydrogen) atoms. The molecular formula is C9H18OS. The largest absolute Gasteiger partial charge is 0.378 e. The Morgan fingerprint density at radius 3 is 2.27 bits per heavy atom. The second-order valence-electron chi connectivity index (χ2n) is 3.50. The maximum Gasteiger partial charge on any atom is 0.0731 e. The van der Waals surface area contributed by atoms with Crippen LogP contribution < -0.4 is 0 Å². The van der Waals surface area contributed by atoms with E-state index in [-0.39, 0.29) is 6.10 Å². The second kappa shape index (κ2) is 4.83. The topological polar surface area (TPSA) is 9.23 Å². The van der Waals surface area contributed by atoms with Gasteiger partial charge < -0.3 is 4.74 Å². The summed E-state index contributed by atoms with van der Waals surface area (Å²) in [5, 5.41) is 2.11. The van der Waals surface area contributed by atoms with E-state index in [1.54, 1.807) is 7.11 Å². The van der Waals surface area contributed by atoms with E-state index in [9.17, 15) is 0 Å². The predicted molar refractivity (Wildman–Crippen MR) is 53.0 cm³/mol. The summed E-state index contributed by atoms with van der Waals surface area (Å²) >= 11 is 1.82. The third-order valence-corrected chi connectivity index (χ3v) is 2.14. The Balaban J connectivity index is 3.60. The molecule has 66 valence electrons. The standard InChI is InChI=1S/C9H18OS/c1-8(10-5)6-7-11-9(2,3)4/h6-8H,1-5H3. The van der Waals surface area contributed by atoms with Crippen molar-refractivity contribution in [2.75, 3.05) is 7.11 Å². The molecule has 0 spiro atoms. The van der Waals surface area contributed by atoms with Gasteiger partial charge in [-0.2, -0.15) is 0 Å². The lowest BCUT2D eigenvalue weighted by Gasteiger charge is -2.14. The monoisotopic (exact) mass is 174 g/mol. The summed E-state index contributed by atoms with van der Waals surface area (Å²) in [5.41, 5.74) is 0. The summed E-state index contributed by atoms with van der Waals surface area (Å²) in [6.07, 6.45) is 2.29. The predicted octanol–water partition coefficient (Wildman–Crippen LogP) is 3.07. The van der Waals surface area contributed by atoms with Crippen LogP contribution in [0, 0.1) is 0 Å². The highest BCUT2D eigenvalue weighted by Gasteiger charge is 2.07. The lowest BCUT2D eigenvalue weighted by molar-refractivity contribution is 0.156. The number of hydrogen-bond acceptors (Lipinski definition) is 2. The average molecular weight is 174 g/mol. The molecule has 0 aromatic heterocycles. The number of thioether (sulfide) groups is 1. The van der Waals surface area contributed by atoms with Crippen LogP contribution in [-0.4, -0.2) is 18.0 Å². The van der Waals surface area contributed by atoms with Crippen molar-refractivity contribution in [3.05, 3.63) is 11.5 Å². The molecule has 0 amide bonds. The second-order valence-corrected chi connectivity index (χ2v) is 5.23. The van der Waals surface area contributed by atoms with E-state index >= 15 is 0 Å². The number of hydrogen-bond donors (Lipinski definition) is 0. The zero-order valence-electron chi connectivity index (χ0n) is 8.05. The molecule has 1 atom stereocenters. The Kier molecular flexibility index (Phi) is 4.86. The van der Waals surface area contributed by atoms with Gasteiger partial charge in [0.1, 0.15) is 0 Å². The summed E-state index contributed by atoms with van der Waals surface area (Å²) in [6, 6.07) is 0.